The smallest absolute Gasteiger partial charge is 0.232 e. The fourth-order valence-corrected chi connectivity index (χ4v) is 3.51. The summed E-state index contributed by atoms with van der Waals surface area (Å²) in [5.41, 5.74) is 6.56. The van der Waals surface area contributed by atoms with Gasteiger partial charge in [-0.25, -0.2) is 0 Å². The fraction of sp³-hybridized carbons (Fsp3) is 0.318. The number of hydrogen-bond donors (Lipinski definition) is 0. The highest BCUT2D eigenvalue weighted by atomic mass is 16.5. The molecule has 1 fully saturated rings. The molecular formula is C22H23N3O2. The molecule has 0 bridgehead atoms. The first-order valence-electron chi connectivity index (χ1n) is 9.21. The number of hydrogen-bond acceptors (Lipinski definition) is 4. The third-order valence-corrected chi connectivity index (χ3v) is 5.34. The van der Waals surface area contributed by atoms with E-state index >= 15 is 0 Å². The average Bonchev–Trinajstić information content (AvgIpc) is 3.26. The zero-order valence-corrected chi connectivity index (χ0v) is 16.1. The van der Waals surface area contributed by atoms with Crippen LogP contribution in [0.2, 0.25) is 0 Å². The van der Waals surface area contributed by atoms with Gasteiger partial charge in [0.15, 0.2) is 0 Å². The van der Waals surface area contributed by atoms with E-state index in [1.807, 2.05) is 24.8 Å². The molecule has 1 amide bonds. The van der Waals surface area contributed by atoms with Crippen LogP contribution in [0.1, 0.15) is 40.5 Å². The summed E-state index contributed by atoms with van der Waals surface area (Å²) in [5, 5.41) is 4.14. The predicted octanol–water partition coefficient (Wildman–Crippen LogP) is 4.49. The Morgan fingerprint density at radius 2 is 1.78 bits per heavy atom. The molecule has 27 heavy (non-hydrogen) atoms. The van der Waals surface area contributed by atoms with E-state index in [9.17, 15) is 4.79 Å². The maximum Gasteiger partial charge on any atom is 0.232 e. The molecule has 0 saturated carbocycles. The van der Waals surface area contributed by atoms with Crippen molar-refractivity contribution in [1.82, 2.24) is 10.1 Å². The Balaban J connectivity index is 1.58. The minimum Gasteiger partial charge on any atom is -0.339 e. The van der Waals surface area contributed by atoms with Gasteiger partial charge in [0.1, 0.15) is 0 Å². The number of aromatic nitrogens is 2. The van der Waals surface area contributed by atoms with Crippen molar-refractivity contribution in [2.45, 2.75) is 40.0 Å². The Hall–Kier alpha value is -2.95. The van der Waals surface area contributed by atoms with Crippen LogP contribution < -0.4 is 4.90 Å². The van der Waals surface area contributed by atoms with Gasteiger partial charge in [0.05, 0.1) is 5.92 Å². The first kappa shape index (κ1) is 17.5. The highest BCUT2D eigenvalue weighted by molar-refractivity contribution is 5.97. The fourth-order valence-electron chi connectivity index (χ4n) is 3.51. The molecule has 1 unspecified atom stereocenters. The van der Waals surface area contributed by atoms with Gasteiger partial charge in [-0.15, -0.1) is 0 Å². The van der Waals surface area contributed by atoms with Crippen molar-refractivity contribution in [3.63, 3.8) is 0 Å². The van der Waals surface area contributed by atoms with Gasteiger partial charge in [0.25, 0.3) is 0 Å². The van der Waals surface area contributed by atoms with Crippen LogP contribution in [-0.2, 0) is 4.79 Å². The number of benzene rings is 2. The van der Waals surface area contributed by atoms with E-state index < -0.39 is 0 Å². The number of aryl methyl sites for hydroxylation is 4. The normalized spacial score (nSPS) is 17.0. The maximum absolute atomic E-state index is 12.6. The van der Waals surface area contributed by atoms with E-state index in [2.05, 4.69) is 54.3 Å². The van der Waals surface area contributed by atoms with Gasteiger partial charge in [0.2, 0.25) is 17.6 Å². The topological polar surface area (TPSA) is 59.2 Å². The van der Waals surface area contributed by atoms with Gasteiger partial charge in [-0.1, -0.05) is 29.4 Å². The van der Waals surface area contributed by atoms with Gasteiger partial charge < -0.3 is 9.42 Å². The molecule has 0 radical (unpaired) electrons. The van der Waals surface area contributed by atoms with Crippen LogP contribution >= 0.6 is 0 Å². The standard InChI is InChI=1S/C22H23N3O2/c1-13-5-6-15(3)19(9-13)25-12-18(11-20(25)26)22-23-21(24-27-22)17-8-7-14(2)16(4)10-17/h5-10,18H,11-12H2,1-4H3. The lowest BCUT2D eigenvalue weighted by Gasteiger charge is -2.19. The van der Waals surface area contributed by atoms with Gasteiger partial charge in [-0.2, -0.15) is 4.98 Å². The van der Waals surface area contributed by atoms with Crippen LogP contribution in [0.3, 0.4) is 0 Å². The van der Waals surface area contributed by atoms with Gasteiger partial charge in [-0.3, -0.25) is 4.79 Å². The van der Waals surface area contributed by atoms with Crippen LogP contribution in [0.15, 0.2) is 40.9 Å². The predicted molar refractivity (Wildman–Crippen MR) is 105 cm³/mol. The molecule has 2 heterocycles. The first-order chi connectivity index (χ1) is 12.9. The third kappa shape index (κ3) is 3.25. The molecule has 3 aromatic rings. The molecule has 1 aliphatic rings. The van der Waals surface area contributed by atoms with E-state index in [1.165, 1.54) is 11.1 Å². The Morgan fingerprint density at radius 3 is 2.56 bits per heavy atom. The lowest BCUT2D eigenvalue weighted by Crippen LogP contribution is -2.25. The monoisotopic (exact) mass is 361 g/mol. The Kier molecular flexibility index (Phi) is 4.30. The molecule has 5 nitrogen and oxygen atoms in total. The summed E-state index contributed by atoms with van der Waals surface area (Å²) < 4.78 is 5.52. The summed E-state index contributed by atoms with van der Waals surface area (Å²) >= 11 is 0. The lowest BCUT2D eigenvalue weighted by molar-refractivity contribution is -0.117. The lowest BCUT2D eigenvalue weighted by atomic mass is 10.1. The second kappa shape index (κ2) is 6.65. The molecule has 0 spiro atoms. The van der Waals surface area contributed by atoms with Crippen LogP contribution in [0.4, 0.5) is 5.69 Å². The molecule has 138 valence electrons. The number of rotatable bonds is 3. The summed E-state index contributed by atoms with van der Waals surface area (Å²) in [6.45, 7) is 8.77. The number of nitrogens with zero attached hydrogens (tertiary/aromatic N) is 3. The van der Waals surface area contributed by atoms with Crippen LogP contribution in [0.25, 0.3) is 11.4 Å². The van der Waals surface area contributed by atoms with Gasteiger partial charge >= 0.3 is 0 Å². The summed E-state index contributed by atoms with van der Waals surface area (Å²) in [6.07, 6.45) is 0.391. The maximum atomic E-state index is 12.6. The Morgan fingerprint density at radius 1 is 1.00 bits per heavy atom. The van der Waals surface area contributed by atoms with Gasteiger partial charge in [-0.05, 0) is 62.1 Å². The third-order valence-electron chi connectivity index (χ3n) is 5.34. The SMILES string of the molecule is Cc1ccc(C)c(N2CC(c3nc(-c4ccc(C)c(C)c4)no3)CC2=O)c1. The highest BCUT2D eigenvalue weighted by Gasteiger charge is 2.35. The number of carbonyl (C=O) groups is 1. The number of carbonyl (C=O) groups excluding carboxylic acids is 1. The average molecular weight is 361 g/mol. The quantitative estimate of drug-likeness (QED) is 0.690. The van der Waals surface area contributed by atoms with Crippen LogP contribution in [0.5, 0.6) is 0 Å². The van der Waals surface area contributed by atoms with Crippen molar-refractivity contribution in [2.24, 2.45) is 0 Å². The molecule has 2 aromatic carbocycles. The van der Waals surface area contributed by atoms with Crippen molar-refractivity contribution >= 4 is 11.6 Å². The Labute approximate surface area is 159 Å². The molecule has 0 aliphatic carbocycles. The van der Waals surface area contributed by atoms with Crippen LogP contribution in [-0.4, -0.2) is 22.6 Å². The van der Waals surface area contributed by atoms with Crippen LogP contribution in [0, 0.1) is 27.7 Å². The Bertz CT molecular complexity index is 1020. The van der Waals surface area contributed by atoms with Crippen molar-refractivity contribution < 1.29 is 9.32 Å². The molecule has 1 saturated heterocycles. The van der Waals surface area contributed by atoms with E-state index in [0.29, 0.717) is 24.7 Å². The molecule has 5 heteroatoms. The van der Waals surface area contributed by atoms with Crippen molar-refractivity contribution in [1.29, 1.82) is 0 Å². The highest BCUT2D eigenvalue weighted by Crippen LogP contribution is 2.34. The van der Waals surface area contributed by atoms with Crippen molar-refractivity contribution in [3.8, 4) is 11.4 Å². The van der Waals surface area contributed by atoms with E-state index in [1.54, 1.807) is 0 Å². The molecule has 1 aliphatic heterocycles. The largest absolute Gasteiger partial charge is 0.339 e. The molecule has 4 rings (SSSR count). The molecular weight excluding hydrogens is 338 g/mol. The second-order valence-corrected chi connectivity index (χ2v) is 7.45. The molecule has 1 atom stereocenters. The summed E-state index contributed by atoms with van der Waals surface area (Å²) in [5.74, 6) is 1.12. The van der Waals surface area contributed by atoms with E-state index in [-0.39, 0.29) is 11.8 Å². The first-order valence-corrected chi connectivity index (χ1v) is 9.21. The summed E-state index contributed by atoms with van der Waals surface area (Å²) in [4.78, 5) is 19.0. The van der Waals surface area contributed by atoms with Crippen molar-refractivity contribution in [2.75, 3.05) is 11.4 Å². The molecule has 1 aromatic heterocycles. The van der Waals surface area contributed by atoms with Gasteiger partial charge in [0, 0.05) is 24.2 Å². The zero-order chi connectivity index (χ0) is 19.1. The second-order valence-electron chi connectivity index (χ2n) is 7.45. The summed E-state index contributed by atoms with van der Waals surface area (Å²) in [7, 11) is 0. The van der Waals surface area contributed by atoms with E-state index in [4.69, 9.17) is 4.52 Å². The minimum atomic E-state index is -0.0785. The van der Waals surface area contributed by atoms with E-state index in [0.717, 1.165) is 22.4 Å². The molecule has 0 N–H and O–H groups in total. The number of anilines is 1. The summed E-state index contributed by atoms with van der Waals surface area (Å²) in [6, 6.07) is 12.3. The van der Waals surface area contributed by atoms with Crippen molar-refractivity contribution in [3.05, 3.63) is 64.5 Å². The zero-order valence-electron chi connectivity index (χ0n) is 16.1. The number of amides is 1. The minimum absolute atomic E-state index is 0.0785.